The Morgan fingerprint density at radius 3 is 2.29 bits per heavy atom. The van der Waals surface area contributed by atoms with E-state index >= 15 is 0 Å². The summed E-state index contributed by atoms with van der Waals surface area (Å²) in [5, 5.41) is 6.35. The lowest BCUT2D eigenvalue weighted by Gasteiger charge is -2.20. The number of carbonyl (C=O) groups is 1. The molecule has 0 radical (unpaired) electrons. The van der Waals surface area contributed by atoms with Gasteiger partial charge in [0.2, 0.25) is 5.91 Å². The molecule has 17 heavy (non-hydrogen) atoms. The highest BCUT2D eigenvalue weighted by atomic mass is 16.1. The predicted octanol–water partition coefficient (Wildman–Crippen LogP) is 2.46. The third-order valence-corrected chi connectivity index (χ3v) is 3.36. The molecule has 0 saturated heterocycles. The molecule has 1 aliphatic carbocycles. The molecule has 1 aliphatic rings. The van der Waals surface area contributed by atoms with Gasteiger partial charge in [-0.25, -0.2) is 0 Å². The third kappa shape index (κ3) is 7.37. The van der Waals surface area contributed by atoms with Gasteiger partial charge in [-0.15, -0.1) is 0 Å². The molecule has 3 heteroatoms. The lowest BCUT2D eigenvalue weighted by atomic mass is 9.97. The predicted molar refractivity (Wildman–Crippen MR) is 72.0 cm³/mol. The Hall–Kier alpha value is -0.570. The maximum absolute atomic E-state index is 11.6. The summed E-state index contributed by atoms with van der Waals surface area (Å²) >= 11 is 0. The highest BCUT2D eigenvalue weighted by Gasteiger charge is 2.12. The summed E-state index contributed by atoms with van der Waals surface area (Å²) in [7, 11) is 0. The van der Waals surface area contributed by atoms with Crippen molar-refractivity contribution < 1.29 is 4.79 Å². The van der Waals surface area contributed by atoms with Crippen molar-refractivity contribution in [3.05, 3.63) is 0 Å². The molecule has 1 fully saturated rings. The molecule has 0 spiro atoms. The van der Waals surface area contributed by atoms with Crippen molar-refractivity contribution in [1.82, 2.24) is 10.6 Å². The van der Waals surface area contributed by atoms with Gasteiger partial charge in [-0.3, -0.25) is 4.79 Å². The van der Waals surface area contributed by atoms with Crippen molar-refractivity contribution in [2.75, 3.05) is 13.1 Å². The summed E-state index contributed by atoms with van der Waals surface area (Å²) in [6, 6.07) is 0.556. The van der Waals surface area contributed by atoms with Gasteiger partial charge in [-0.2, -0.15) is 0 Å². The van der Waals surface area contributed by atoms with Crippen molar-refractivity contribution >= 4 is 5.91 Å². The van der Waals surface area contributed by atoms with E-state index in [0.717, 1.165) is 6.54 Å². The van der Waals surface area contributed by atoms with Gasteiger partial charge in [0.1, 0.15) is 0 Å². The lowest BCUT2D eigenvalue weighted by molar-refractivity contribution is -0.120. The Morgan fingerprint density at radius 1 is 1.12 bits per heavy atom. The topological polar surface area (TPSA) is 41.1 Å². The summed E-state index contributed by atoms with van der Waals surface area (Å²) in [6.07, 6.45) is 9.20. The van der Waals surface area contributed by atoms with E-state index in [1.165, 1.54) is 44.9 Å². The van der Waals surface area contributed by atoms with Crippen LogP contribution in [-0.2, 0) is 4.79 Å². The van der Waals surface area contributed by atoms with Crippen molar-refractivity contribution in [3.63, 3.8) is 0 Å². The maximum atomic E-state index is 11.6. The van der Waals surface area contributed by atoms with E-state index in [1.54, 1.807) is 0 Å². The average Bonchev–Trinajstić information content (AvgIpc) is 2.24. The second-order valence-corrected chi connectivity index (χ2v) is 5.62. The van der Waals surface area contributed by atoms with Gasteiger partial charge >= 0.3 is 0 Å². The molecule has 0 unspecified atom stereocenters. The van der Waals surface area contributed by atoms with Gasteiger partial charge in [0, 0.05) is 12.6 Å². The van der Waals surface area contributed by atoms with E-state index in [1.807, 2.05) is 0 Å². The van der Waals surface area contributed by atoms with Crippen LogP contribution in [0.3, 0.4) is 0 Å². The van der Waals surface area contributed by atoms with Crippen LogP contribution in [0.2, 0.25) is 0 Å². The summed E-state index contributed by atoms with van der Waals surface area (Å²) in [4.78, 5) is 11.6. The van der Waals surface area contributed by atoms with E-state index < -0.39 is 0 Å². The highest BCUT2D eigenvalue weighted by Crippen LogP contribution is 2.16. The standard InChI is InChI=1S/C14H28N2O/c1-12(2)10-16-14(17)11-15-13-8-6-4-3-5-7-9-13/h12-13,15H,3-11H2,1-2H3,(H,16,17). The first kappa shape index (κ1) is 14.5. The van der Waals surface area contributed by atoms with Gasteiger partial charge in [-0.1, -0.05) is 46.0 Å². The molecule has 1 saturated carbocycles. The van der Waals surface area contributed by atoms with Crippen LogP contribution in [0.25, 0.3) is 0 Å². The Bertz CT molecular complexity index is 208. The number of amides is 1. The minimum Gasteiger partial charge on any atom is -0.355 e. The summed E-state index contributed by atoms with van der Waals surface area (Å²) < 4.78 is 0. The molecule has 0 aliphatic heterocycles. The van der Waals surface area contributed by atoms with E-state index in [-0.39, 0.29) is 5.91 Å². The van der Waals surface area contributed by atoms with Crippen LogP contribution in [0.5, 0.6) is 0 Å². The molecular formula is C14H28N2O. The Morgan fingerprint density at radius 2 is 1.71 bits per heavy atom. The summed E-state index contributed by atoms with van der Waals surface area (Å²) in [5.74, 6) is 0.668. The highest BCUT2D eigenvalue weighted by molar-refractivity contribution is 5.77. The number of nitrogens with one attached hydrogen (secondary N) is 2. The number of rotatable bonds is 5. The normalized spacial score (nSPS) is 18.8. The first-order chi connectivity index (χ1) is 8.18. The second kappa shape index (κ2) is 8.51. The van der Waals surface area contributed by atoms with Crippen LogP contribution >= 0.6 is 0 Å². The van der Waals surface area contributed by atoms with E-state index in [0.29, 0.717) is 18.5 Å². The smallest absolute Gasteiger partial charge is 0.233 e. The molecule has 0 aromatic rings. The van der Waals surface area contributed by atoms with Crippen LogP contribution in [0.4, 0.5) is 0 Å². The van der Waals surface area contributed by atoms with Crippen LogP contribution in [0.15, 0.2) is 0 Å². The molecule has 3 nitrogen and oxygen atoms in total. The molecular weight excluding hydrogens is 212 g/mol. The summed E-state index contributed by atoms with van der Waals surface area (Å²) in [5.41, 5.74) is 0. The van der Waals surface area contributed by atoms with Crippen LogP contribution in [-0.4, -0.2) is 25.0 Å². The molecule has 0 atom stereocenters. The van der Waals surface area contributed by atoms with Gasteiger partial charge in [0.05, 0.1) is 6.54 Å². The first-order valence-corrected chi connectivity index (χ1v) is 7.18. The molecule has 1 rings (SSSR count). The fraction of sp³-hybridized carbons (Fsp3) is 0.929. The Kier molecular flexibility index (Phi) is 7.25. The monoisotopic (exact) mass is 240 g/mol. The molecule has 0 aromatic carbocycles. The van der Waals surface area contributed by atoms with Gasteiger partial charge in [0.15, 0.2) is 0 Å². The van der Waals surface area contributed by atoms with E-state index in [4.69, 9.17) is 0 Å². The van der Waals surface area contributed by atoms with Gasteiger partial charge in [0.25, 0.3) is 0 Å². The summed E-state index contributed by atoms with van der Waals surface area (Å²) in [6.45, 7) is 5.49. The van der Waals surface area contributed by atoms with Crippen LogP contribution < -0.4 is 10.6 Å². The van der Waals surface area contributed by atoms with E-state index in [2.05, 4.69) is 24.5 Å². The average molecular weight is 240 g/mol. The molecule has 0 heterocycles. The number of hydrogen-bond donors (Lipinski definition) is 2. The Labute approximate surface area is 106 Å². The molecule has 2 N–H and O–H groups in total. The van der Waals surface area contributed by atoms with Gasteiger partial charge < -0.3 is 10.6 Å². The first-order valence-electron chi connectivity index (χ1n) is 7.18. The number of carbonyl (C=O) groups excluding carboxylic acids is 1. The molecule has 1 amide bonds. The Balaban J connectivity index is 2.12. The van der Waals surface area contributed by atoms with Crippen LogP contribution in [0, 0.1) is 5.92 Å². The minimum absolute atomic E-state index is 0.140. The van der Waals surface area contributed by atoms with Crippen molar-refractivity contribution in [1.29, 1.82) is 0 Å². The zero-order valence-corrected chi connectivity index (χ0v) is 11.4. The third-order valence-electron chi connectivity index (χ3n) is 3.36. The van der Waals surface area contributed by atoms with Crippen molar-refractivity contribution in [2.45, 2.75) is 64.8 Å². The molecule has 100 valence electrons. The fourth-order valence-electron chi connectivity index (χ4n) is 2.28. The zero-order chi connectivity index (χ0) is 12.5. The van der Waals surface area contributed by atoms with Gasteiger partial charge in [-0.05, 0) is 18.8 Å². The SMILES string of the molecule is CC(C)CNC(=O)CNC1CCCCCCC1. The number of hydrogen-bond acceptors (Lipinski definition) is 2. The molecule has 0 aromatic heterocycles. The van der Waals surface area contributed by atoms with Crippen LogP contribution in [0.1, 0.15) is 58.8 Å². The zero-order valence-electron chi connectivity index (χ0n) is 11.4. The second-order valence-electron chi connectivity index (χ2n) is 5.62. The van der Waals surface area contributed by atoms with Crippen molar-refractivity contribution in [3.8, 4) is 0 Å². The van der Waals surface area contributed by atoms with Crippen molar-refractivity contribution in [2.24, 2.45) is 5.92 Å². The lowest BCUT2D eigenvalue weighted by Crippen LogP contribution is -2.40. The maximum Gasteiger partial charge on any atom is 0.233 e. The van der Waals surface area contributed by atoms with E-state index in [9.17, 15) is 4.79 Å². The molecule has 0 bridgehead atoms. The quantitative estimate of drug-likeness (QED) is 0.775. The minimum atomic E-state index is 0.140. The fourth-order valence-corrected chi connectivity index (χ4v) is 2.28. The largest absolute Gasteiger partial charge is 0.355 e.